The molecule has 210 valence electrons. The summed E-state index contributed by atoms with van der Waals surface area (Å²) in [7, 11) is 3.18. The highest BCUT2D eigenvalue weighted by atomic mass is 32.1. The molecule has 2 heterocycles. The summed E-state index contributed by atoms with van der Waals surface area (Å²) < 4.78 is 24.2. The molecule has 0 saturated carbocycles. The first-order valence-electron chi connectivity index (χ1n) is 13.2. The molecule has 0 amide bonds. The minimum absolute atomic E-state index is 0.0511. The van der Waals surface area contributed by atoms with E-state index in [1.807, 2.05) is 30.3 Å². The van der Waals surface area contributed by atoms with Gasteiger partial charge in [0.2, 0.25) is 0 Å². The SMILES string of the molecule is C=CCOC(=O)C1=C(C)N=c2s/c(=C\c3ccc(OCCCCC)c(OC)c3)c(=O)n2C1c1ccc(OC)cc1. The highest BCUT2D eigenvalue weighted by molar-refractivity contribution is 7.07. The van der Waals surface area contributed by atoms with Gasteiger partial charge in [-0.3, -0.25) is 9.36 Å². The van der Waals surface area contributed by atoms with E-state index in [1.54, 1.807) is 43.9 Å². The smallest absolute Gasteiger partial charge is 0.338 e. The number of hydrogen-bond acceptors (Lipinski definition) is 8. The van der Waals surface area contributed by atoms with Gasteiger partial charge in [0.25, 0.3) is 5.56 Å². The zero-order valence-electron chi connectivity index (χ0n) is 23.3. The summed E-state index contributed by atoms with van der Waals surface area (Å²) in [6.45, 7) is 8.19. The number of hydrogen-bond donors (Lipinski definition) is 0. The highest BCUT2D eigenvalue weighted by Crippen LogP contribution is 2.32. The lowest BCUT2D eigenvalue weighted by Gasteiger charge is -2.24. The van der Waals surface area contributed by atoms with E-state index in [-0.39, 0.29) is 12.2 Å². The van der Waals surface area contributed by atoms with Crippen LogP contribution >= 0.6 is 11.3 Å². The maximum atomic E-state index is 13.8. The fourth-order valence-corrected chi connectivity index (χ4v) is 5.52. The molecular weight excluding hydrogens is 528 g/mol. The Morgan fingerprint density at radius 2 is 1.88 bits per heavy atom. The lowest BCUT2D eigenvalue weighted by Crippen LogP contribution is -2.39. The molecule has 0 spiro atoms. The quantitative estimate of drug-likeness (QED) is 0.183. The Balaban J connectivity index is 1.78. The number of carbonyl (C=O) groups excluding carboxylic acids is 1. The van der Waals surface area contributed by atoms with Gasteiger partial charge >= 0.3 is 5.97 Å². The van der Waals surface area contributed by atoms with Crippen LogP contribution in [0.2, 0.25) is 0 Å². The number of allylic oxidation sites excluding steroid dienone is 1. The Morgan fingerprint density at radius 1 is 1.10 bits per heavy atom. The summed E-state index contributed by atoms with van der Waals surface area (Å²) in [6, 6.07) is 12.1. The number of benzene rings is 2. The average molecular weight is 563 g/mol. The third-order valence-corrected chi connectivity index (χ3v) is 7.48. The van der Waals surface area contributed by atoms with Gasteiger partial charge in [0, 0.05) is 0 Å². The maximum absolute atomic E-state index is 13.8. The molecule has 1 aliphatic heterocycles. The Bertz CT molecular complexity index is 1580. The zero-order chi connectivity index (χ0) is 28.6. The number of esters is 1. The van der Waals surface area contributed by atoms with Gasteiger partial charge in [-0.15, -0.1) is 0 Å². The normalized spacial score (nSPS) is 14.8. The average Bonchev–Trinajstić information content (AvgIpc) is 3.27. The minimum atomic E-state index is -0.713. The van der Waals surface area contributed by atoms with E-state index in [0.717, 1.165) is 30.4 Å². The van der Waals surface area contributed by atoms with Gasteiger partial charge in [-0.05, 0) is 54.8 Å². The van der Waals surface area contributed by atoms with E-state index < -0.39 is 12.0 Å². The number of thiazole rings is 1. The van der Waals surface area contributed by atoms with Crippen LogP contribution < -0.4 is 29.1 Å². The van der Waals surface area contributed by atoms with Crippen molar-refractivity contribution in [2.24, 2.45) is 4.99 Å². The number of rotatable bonds is 12. The van der Waals surface area contributed by atoms with Crippen molar-refractivity contribution in [3.8, 4) is 17.2 Å². The van der Waals surface area contributed by atoms with Gasteiger partial charge in [-0.2, -0.15) is 0 Å². The molecule has 4 rings (SSSR count). The summed E-state index contributed by atoms with van der Waals surface area (Å²) in [4.78, 5) is 32.1. The van der Waals surface area contributed by atoms with Gasteiger partial charge < -0.3 is 18.9 Å². The Labute approximate surface area is 237 Å². The molecule has 0 bridgehead atoms. The molecule has 1 aliphatic rings. The molecule has 0 radical (unpaired) electrons. The maximum Gasteiger partial charge on any atom is 0.338 e. The van der Waals surface area contributed by atoms with E-state index in [9.17, 15) is 9.59 Å². The van der Waals surface area contributed by atoms with Crippen LogP contribution in [0.25, 0.3) is 6.08 Å². The first-order valence-corrected chi connectivity index (χ1v) is 14.0. The standard InChI is InChI=1S/C31H34N2O6S/c1-6-8-9-17-38-24-15-10-21(18-25(24)37-5)19-26-29(34)33-28(22-11-13-23(36-4)14-12-22)27(30(35)39-16-7-2)20(3)32-31(33)40-26/h7,10-15,18-19,28H,2,6,8-9,16-17H2,1,3-5H3/b26-19-. The first-order chi connectivity index (χ1) is 19.4. The van der Waals surface area contributed by atoms with Crippen molar-refractivity contribution in [2.75, 3.05) is 27.4 Å². The molecule has 40 heavy (non-hydrogen) atoms. The van der Waals surface area contributed by atoms with Crippen LogP contribution in [0.4, 0.5) is 0 Å². The summed E-state index contributed by atoms with van der Waals surface area (Å²) in [5.41, 5.74) is 2.06. The van der Waals surface area contributed by atoms with Crippen LogP contribution in [0.5, 0.6) is 17.2 Å². The Morgan fingerprint density at radius 3 is 2.55 bits per heavy atom. The molecule has 0 saturated heterocycles. The van der Waals surface area contributed by atoms with Crippen molar-refractivity contribution < 1.29 is 23.7 Å². The topological polar surface area (TPSA) is 88.4 Å². The molecule has 0 N–H and O–H groups in total. The number of unbranched alkanes of at least 4 members (excludes halogenated alkanes) is 2. The van der Waals surface area contributed by atoms with Crippen LogP contribution in [0.15, 0.2) is 76.2 Å². The van der Waals surface area contributed by atoms with Gasteiger partial charge in [0.05, 0.1) is 42.7 Å². The number of fused-ring (bicyclic) bond motifs is 1. The van der Waals surface area contributed by atoms with Crippen LogP contribution in [0.3, 0.4) is 0 Å². The Kier molecular flexibility index (Phi) is 9.60. The molecule has 8 nitrogen and oxygen atoms in total. The van der Waals surface area contributed by atoms with E-state index in [2.05, 4.69) is 18.5 Å². The number of ether oxygens (including phenoxy) is 4. The van der Waals surface area contributed by atoms with Gasteiger partial charge in [-0.25, -0.2) is 9.79 Å². The number of carbonyl (C=O) groups is 1. The lowest BCUT2D eigenvalue weighted by molar-refractivity contribution is -0.138. The molecule has 3 aromatic rings. The summed E-state index contributed by atoms with van der Waals surface area (Å²) in [6.07, 6.45) is 6.49. The predicted molar refractivity (Wildman–Crippen MR) is 156 cm³/mol. The van der Waals surface area contributed by atoms with Crippen LogP contribution in [0, 0.1) is 0 Å². The molecule has 1 unspecified atom stereocenters. The lowest BCUT2D eigenvalue weighted by atomic mass is 9.96. The predicted octanol–water partition coefficient (Wildman–Crippen LogP) is 4.55. The molecule has 1 atom stereocenters. The summed E-state index contributed by atoms with van der Waals surface area (Å²) >= 11 is 1.26. The van der Waals surface area contributed by atoms with E-state index in [0.29, 0.717) is 44.5 Å². The Hall–Kier alpha value is -4.11. The van der Waals surface area contributed by atoms with Crippen molar-refractivity contribution >= 4 is 23.4 Å². The van der Waals surface area contributed by atoms with Crippen molar-refractivity contribution in [3.63, 3.8) is 0 Å². The molecule has 2 aromatic carbocycles. The summed E-state index contributed by atoms with van der Waals surface area (Å²) in [5.74, 6) is 1.38. The molecular formula is C31H34N2O6S. The van der Waals surface area contributed by atoms with E-state index in [1.165, 1.54) is 17.4 Å². The third-order valence-electron chi connectivity index (χ3n) is 6.50. The van der Waals surface area contributed by atoms with Crippen molar-refractivity contribution in [2.45, 2.75) is 39.2 Å². The number of aromatic nitrogens is 1. The van der Waals surface area contributed by atoms with Crippen molar-refractivity contribution in [1.82, 2.24) is 4.57 Å². The van der Waals surface area contributed by atoms with Crippen molar-refractivity contribution in [1.29, 1.82) is 0 Å². The second-order valence-electron chi connectivity index (χ2n) is 9.21. The monoisotopic (exact) mass is 562 g/mol. The molecule has 0 aliphatic carbocycles. The minimum Gasteiger partial charge on any atom is -0.497 e. The first kappa shape index (κ1) is 28.9. The van der Waals surface area contributed by atoms with Crippen LogP contribution in [-0.4, -0.2) is 38.0 Å². The van der Waals surface area contributed by atoms with Gasteiger partial charge in [-0.1, -0.05) is 62.0 Å². The van der Waals surface area contributed by atoms with Crippen LogP contribution in [0.1, 0.15) is 50.3 Å². The highest BCUT2D eigenvalue weighted by Gasteiger charge is 2.33. The molecule has 9 heteroatoms. The van der Waals surface area contributed by atoms with E-state index in [4.69, 9.17) is 18.9 Å². The number of methoxy groups -OCH3 is 2. The number of nitrogens with zero attached hydrogens (tertiary/aromatic N) is 2. The zero-order valence-corrected chi connectivity index (χ0v) is 24.1. The molecule has 0 fully saturated rings. The third kappa shape index (κ3) is 6.20. The molecule has 1 aromatic heterocycles. The van der Waals surface area contributed by atoms with Gasteiger partial charge in [0.1, 0.15) is 12.4 Å². The second kappa shape index (κ2) is 13.3. The fourth-order valence-electron chi connectivity index (χ4n) is 4.48. The van der Waals surface area contributed by atoms with Crippen molar-refractivity contribution in [3.05, 3.63) is 97.2 Å². The summed E-state index contributed by atoms with van der Waals surface area (Å²) in [5, 5.41) is 0. The van der Waals surface area contributed by atoms with Crippen LogP contribution in [-0.2, 0) is 9.53 Å². The van der Waals surface area contributed by atoms with Gasteiger partial charge in [0.15, 0.2) is 16.3 Å². The van der Waals surface area contributed by atoms with E-state index >= 15 is 0 Å². The largest absolute Gasteiger partial charge is 0.497 e. The fraction of sp³-hybridized carbons (Fsp3) is 0.323. The second-order valence-corrected chi connectivity index (χ2v) is 10.2.